The summed E-state index contributed by atoms with van der Waals surface area (Å²) < 4.78 is 10.4. The van der Waals surface area contributed by atoms with Crippen molar-refractivity contribution in [2.24, 2.45) is 0 Å². The van der Waals surface area contributed by atoms with Crippen LogP contribution in [0, 0.1) is 13.8 Å². The van der Waals surface area contributed by atoms with Gasteiger partial charge >= 0.3 is 0 Å². The number of aryl methyl sites for hydroxylation is 3. The minimum atomic E-state index is 0.117. The monoisotopic (exact) mass is 535 g/mol. The van der Waals surface area contributed by atoms with Gasteiger partial charge in [-0.2, -0.15) is 0 Å². The largest absolute Gasteiger partial charge is 0.494 e. The summed E-state index contributed by atoms with van der Waals surface area (Å²) in [4.78, 5) is 21.1. The average molecular weight is 536 g/mol. The van der Waals surface area contributed by atoms with Gasteiger partial charge in [0.05, 0.1) is 24.0 Å². The Hall–Kier alpha value is -4.39. The molecule has 0 saturated carbocycles. The van der Waals surface area contributed by atoms with Gasteiger partial charge in [0.25, 0.3) is 0 Å². The van der Waals surface area contributed by atoms with E-state index in [9.17, 15) is 4.79 Å². The smallest absolute Gasteiger partial charge is 0.219 e. The third kappa shape index (κ3) is 6.78. The molecule has 3 aromatic carbocycles. The zero-order valence-corrected chi connectivity index (χ0v) is 23.3. The second-order valence-corrected chi connectivity index (χ2v) is 10.2. The van der Waals surface area contributed by atoms with Crippen molar-refractivity contribution < 1.29 is 9.53 Å². The number of amides is 1. The van der Waals surface area contributed by atoms with Crippen molar-refractivity contribution in [3.8, 4) is 22.8 Å². The van der Waals surface area contributed by atoms with E-state index in [2.05, 4.69) is 65.1 Å². The summed E-state index contributed by atoms with van der Waals surface area (Å²) in [7, 11) is 0. The molecule has 1 amide bonds. The first-order valence-electron chi connectivity index (χ1n) is 14.1. The summed E-state index contributed by atoms with van der Waals surface area (Å²) in [5, 5.41) is 3.01. The molecule has 0 aliphatic carbocycles. The van der Waals surface area contributed by atoms with E-state index in [1.54, 1.807) is 12.5 Å². The van der Waals surface area contributed by atoms with Crippen LogP contribution in [0.4, 0.5) is 0 Å². The van der Waals surface area contributed by atoms with Gasteiger partial charge in [0, 0.05) is 49.2 Å². The molecule has 0 atom stereocenters. The highest BCUT2D eigenvalue weighted by Crippen LogP contribution is 2.31. The van der Waals surface area contributed by atoms with Crippen LogP contribution in [0.25, 0.3) is 28.1 Å². The minimum Gasteiger partial charge on any atom is -0.494 e. The Morgan fingerprint density at radius 3 is 2.60 bits per heavy atom. The molecule has 5 rings (SSSR count). The molecule has 0 aliphatic rings. The summed E-state index contributed by atoms with van der Waals surface area (Å²) in [6.45, 7) is 6.44. The number of hydrogen-bond donors (Lipinski definition) is 1. The maximum absolute atomic E-state index is 12.1. The molecule has 0 unspecified atom stereocenters. The molecule has 7 nitrogen and oxygen atoms in total. The number of fused-ring (bicyclic) bond motifs is 1. The van der Waals surface area contributed by atoms with Crippen LogP contribution in [0.3, 0.4) is 0 Å². The number of nitrogens with zero attached hydrogens (tertiary/aromatic N) is 4. The summed E-state index contributed by atoms with van der Waals surface area (Å²) in [6.07, 6.45) is 9.65. The topological polar surface area (TPSA) is 74.0 Å². The van der Waals surface area contributed by atoms with E-state index in [1.165, 1.54) is 11.1 Å². The van der Waals surface area contributed by atoms with Gasteiger partial charge in [-0.05, 0) is 74.9 Å². The lowest BCUT2D eigenvalue weighted by atomic mass is 10.1. The predicted octanol–water partition coefficient (Wildman–Crippen LogP) is 6.65. The Balaban J connectivity index is 1.16. The van der Waals surface area contributed by atoms with Crippen LogP contribution in [-0.2, 0) is 11.3 Å². The highest BCUT2D eigenvalue weighted by molar-refractivity contribution is 5.84. The number of ether oxygens (including phenoxy) is 1. The number of imidazole rings is 2. The summed E-state index contributed by atoms with van der Waals surface area (Å²) in [5.41, 5.74) is 6.61. The lowest BCUT2D eigenvalue weighted by molar-refractivity contribution is -0.121. The van der Waals surface area contributed by atoms with E-state index in [-0.39, 0.29) is 5.91 Å². The fourth-order valence-corrected chi connectivity index (χ4v) is 4.80. The maximum atomic E-state index is 12.1. The van der Waals surface area contributed by atoms with Crippen LogP contribution < -0.4 is 10.1 Å². The van der Waals surface area contributed by atoms with Gasteiger partial charge in [-0.25, -0.2) is 9.97 Å². The molecule has 0 saturated heterocycles. The number of nitrogens with one attached hydrogen (secondary N) is 1. The van der Waals surface area contributed by atoms with E-state index in [0.29, 0.717) is 19.6 Å². The molecule has 5 aromatic rings. The van der Waals surface area contributed by atoms with Crippen LogP contribution in [0.2, 0.25) is 0 Å². The highest BCUT2D eigenvalue weighted by Gasteiger charge is 2.15. The van der Waals surface area contributed by atoms with E-state index < -0.39 is 0 Å². The summed E-state index contributed by atoms with van der Waals surface area (Å²) in [5.74, 6) is 1.86. The molecule has 0 aliphatic heterocycles. The minimum absolute atomic E-state index is 0.117. The van der Waals surface area contributed by atoms with Crippen molar-refractivity contribution in [2.75, 3.05) is 13.2 Å². The van der Waals surface area contributed by atoms with Crippen LogP contribution in [0.15, 0.2) is 85.5 Å². The number of hydrogen-bond acceptors (Lipinski definition) is 4. The highest BCUT2D eigenvalue weighted by atomic mass is 16.5. The Kier molecular flexibility index (Phi) is 8.91. The van der Waals surface area contributed by atoms with Crippen LogP contribution in [-0.4, -0.2) is 38.2 Å². The third-order valence-electron chi connectivity index (χ3n) is 7.20. The molecular formula is C33H37N5O2. The van der Waals surface area contributed by atoms with Gasteiger partial charge in [-0.15, -0.1) is 0 Å². The van der Waals surface area contributed by atoms with Crippen molar-refractivity contribution in [1.82, 2.24) is 24.4 Å². The van der Waals surface area contributed by atoms with E-state index >= 15 is 0 Å². The lowest BCUT2D eigenvalue weighted by Crippen LogP contribution is -2.24. The molecule has 2 heterocycles. The summed E-state index contributed by atoms with van der Waals surface area (Å²) in [6, 6.07) is 22.9. The van der Waals surface area contributed by atoms with E-state index in [0.717, 1.165) is 66.1 Å². The Bertz CT molecular complexity index is 1540. The van der Waals surface area contributed by atoms with Gasteiger partial charge in [0.2, 0.25) is 5.91 Å². The Morgan fingerprint density at radius 2 is 1.80 bits per heavy atom. The molecule has 206 valence electrons. The number of unbranched alkanes of at least 4 members (excludes halogenated alkanes) is 2. The second kappa shape index (κ2) is 13.1. The molecule has 1 N–H and O–H groups in total. The zero-order chi connectivity index (χ0) is 27.7. The second-order valence-electron chi connectivity index (χ2n) is 10.2. The fourth-order valence-electron chi connectivity index (χ4n) is 4.80. The van der Waals surface area contributed by atoms with Crippen molar-refractivity contribution in [3.63, 3.8) is 0 Å². The van der Waals surface area contributed by atoms with Crippen molar-refractivity contribution >= 4 is 16.9 Å². The SMILES string of the molecule is Cc1ccc(-n2c(-c3ccccc3)nc3ccc(OCCCCCC(=O)NCCCn4ccnc4)cc32)cc1C. The first kappa shape index (κ1) is 27.2. The van der Waals surface area contributed by atoms with Gasteiger partial charge in [0.15, 0.2) is 0 Å². The summed E-state index contributed by atoms with van der Waals surface area (Å²) >= 11 is 0. The van der Waals surface area contributed by atoms with Crippen LogP contribution in [0.1, 0.15) is 43.2 Å². The normalized spacial score (nSPS) is 11.2. The molecule has 0 spiro atoms. The molecule has 40 heavy (non-hydrogen) atoms. The number of rotatable bonds is 13. The number of aromatic nitrogens is 4. The Morgan fingerprint density at radius 1 is 0.925 bits per heavy atom. The van der Waals surface area contributed by atoms with Gasteiger partial charge in [-0.1, -0.05) is 36.4 Å². The van der Waals surface area contributed by atoms with Crippen molar-refractivity contribution in [1.29, 1.82) is 0 Å². The molecule has 0 bridgehead atoms. The van der Waals surface area contributed by atoms with Crippen LogP contribution in [0.5, 0.6) is 5.75 Å². The molecule has 7 heteroatoms. The molecule has 0 fully saturated rings. The number of carbonyl (C=O) groups excluding carboxylic acids is 1. The predicted molar refractivity (Wildman–Crippen MR) is 160 cm³/mol. The van der Waals surface area contributed by atoms with Crippen molar-refractivity contribution in [2.45, 2.75) is 52.5 Å². The van der Waals surface area contributed by atoms with Gasteiger partial charge in [0.1, 0.15) is 11.6 Å². The Labute approximate surface area is 235 Å². The number of benzene rings is 3. The average Bonchev–Trinajstić information content (AvgIpc) is 3.63. The van der Waals surface area contributed by atoms with Crippen LogP contribution >= 0.6 is 0 Å². The van der Waals surface area contributed by atoms with E-state index in [1.807, 2.05) is 41.1 Å². The lowest BCUT2D eigenvalue weighted by Gasteiger charge is -2.12. The first-order chi connectivity index (χ1) is 19.6. The third-order valence-corrected chi connectivity index (χ3v) is 7.20. The standard InChI is InChI=1S/C33H37N5O2/c1-25-13-14-28(22-26(25)2)38-31-23-29(15-16-30(31)36-33(38)27-10-5-3-6-11-27)40-21-8-4-7-12-32(39)35-17-9-19-37-20-18-34-24-37/h3,5-6,10-11,13-16,18,20,22-24H,4,7-9,12,17,19,21H2,1-2H3,(H,35,39). The first-order valence-corrected chi connectivity index (χ1v) is 14.1. The van der Waals surface area contributed by atoms with Gasteiger partial charge < -0.3 is 14.6 Å². The quantitative estimate of drug-likeness (QED) is 0.171. The molecule has 0 radical (unpaired) electrons. The fraction of sp³-hybridized carbons (Fsp3) is 0.303. The molecule has 2 aromatic heterocycles. The number of carbonyl (C=O) groups is 1. The van der Waals surface area contributed by atoms with Crippen molar-refractivity contribution in [3.05, 3.63) is 96.6 Å². The zero-order valence-electron chi connectivity index (χ0n) is 23.3. The maximum Gasteiger partial charge on any atom is 0.219 e. The molecular weight excluding hydrogens is 498 g/mol. The van der Waals surface area contributed by atoms with Gasteiger partial charge in [-0.3, -0.25) is 9.36 Å². The van der Waals surface area contributed by atoms with E-state index in [4.69, 9.17) is 9.72 Å².